The van der Waals surface area contributed by atoms with Gasteiger partial charge in [-0.3, -0.25) is 14.4 Å². The Balaban J connectivity index is 1.93. The summed E-state index contributed by atoms with van der Waals surface area (Å²) in [6.07, 6.45) is 2.84. The topological polar surface area (TPSA) is 139 Å². The number of fused-ring (bicyclic) bond motifs is 2. The third-order valence-corrected chi connectivity index (χ3v) is 7.88. The first-order valence-electron chi connectivity index (χ1n) is 11.1. The smallest absolute Gasteiger partial charge is 0.343 e. The third-order valence-electron chi connectivity index (χ3n) is 7.88. The highest BCUT2D eigenvalue weighted by Crippen LogP contribution is 2.67. The van der Waals surface area contributed by atoms with Crippen LogP contribution in [0.15, 0.2) is 34.7 Å². The molecule has 1 spiro atoms. The van der Waals surface area contributed by atoms with Gasteiger partial charge in [0.15, 0.2) is 0 Å². The Labute approximate surface area is 196 Å². The van der Waals surface area contributed by atoms with Crippen LogP contribution in [-0.2, 0) is 38.1 Å². The summed E-state index contributed by atoms with van der Waals surface area (Å²) in [7, 11) is 2.21. The molecule has 2 aliphatic carbocycles. The van der Waals surface area contributed by atoms with E-state index in [1.165, 1.54) is 12.5 Å². The van der Waals surface area contributed by atoms with E-state index in [1.54, 1.807) is 19.1 Å². The van der Waals surface area contributed by atoms with Gasteiger partial charge in [0.05, 0.1) is 32.2 Å². The molecule has 1 N–H and O–H groups in total. The van der Waals surface area contributed by atoms with Gasteiger partial charge < -0.3 is 28.5 Å². The fourth-order valence-electron chi connectivity index (χ4n) is 6.34. The van der Waals surface area contributed by atoms with E-state index in [0.717, 1.165) is 21.1 Å². The Kier molecular flexibility index (Phi) is 5.83. The number of hydrogen-bond acceptors (Lipinski definition) is 10. The van der Waals surface area contributed by atoms with Crippen LogP contribution in [-0.4, -0.2) is 54.9 Å². The average Bonchev–Trinajstić information content (AvgIpc) is 3.46. The molecule has 1 saturated carbocycles. The predicted octanol–water partition coefficient (Wildman–Crippen LogP) is 2.01. The lowest BCUT2D eigenvalue weighted by Gasteiger charge is -2.58. The van der Waals surface area contributed by atoms with Crippen LogP contribution in [0.4, 0.5) is 0 Å². The van der Waals surface area contributed by atoms with Crippen molar-refractivity contribution in [2.24, 2.45) is 16.7 Å². The number of rotatable bonds is 4. The molecule has 0 radical (unpaired) electrons. The largest absolute Gasteiger partial charge is 0.472 e. The van der Waals surface area contributed by atoms with Crippen LogP contribution in [0.3, 0.4) is 0 Å². The summed E-state index contributed by atoms with van der Waals surface area (Å²) in [5.41, 5.74) is -4.55. The van der Waals surface area contributed by atoms with Crippen molar-refractivity contribution in [3.8, 4) is 0 Å². The second kappa shape index (κ2) is 8.26. The molecule has 0 amide bonds. The molecule has 2 heterocycles. The van der Waals surface area contributed by atoms with E-state index in [9.17, 15) is 24.3 Å². The van der Waals surface area contributed by atoms with Gasteiger partial charge in [-0.25, -0.2) is 4.79 Å². The average molecular weight is 476 g/mol. The first-order valence-corrected chi connectivity index (χ1v) is 11.1. The minimum absolute atomic E-state index is 0.0211. The maximum Gasteiger partial charge on any atom is 0.343 e. The lowest BCUT2D eigenvalue weighted by molar-refractivity contribution is -0.247. The highest BCUT2D eigenvalue weighted by atomic mass is 16.6. The van der Waals surface area contributed by atoms with E-state index in [4.69, 9.17) is 23.4 Å². The zero-order valence-corrected chi connectivity index (χ0v) is 19.5. The molecule has 6 atom stereocenters. The highest BCUT2D eigenvalue weighted by Gasteiger charge is 2.78. The Morgan fingerprint density at radius 2 is 1.85 bits per heavy atom. The number of aliphatic hydroxyl groups is 1. The fraction of sp³-hybridized carbons (Fsp3) is 0.583. The molecular formula is C24H28O10. The van der Waals surface area contributed by atoms with E-state index in [-0.39, 0.29) is 25.7 Å². The van der Waals surface area contributed by atoms with E-state index in [0.29, 0.717) is 11.1 Å². The molecule has 4 rings (SSSR count). The molecule has 0 aromatic carbocycles. The van der Waals surface area contributed by atoms with Gasteiger partial charge in [0.25, 0.3) is 0 Å². The van der Waals surface area contributed by atoms with Gasteiger partial charge in [-0.15, -0.1) is 0 Å². The lowest BCUT2D eigenvalue weighted by Crippen LogP contribution is -2.73. The normalized spacial score (nSPS) is 36.8. The van der Waals surface area contributed by atoms with Gasteiger partial charge in [-0.1, -0.05) is 11.6 Å². The molecule has 1 saturated heterocycles. The maximum absolute atomic E-state index is 13.6. The van der Waals surface area contributed by atoms with Crippen LogP contribution in [0.1, 0.15) is 51.2 Å². The number of ether oxygens (including phenoxy) is 4. The molecule has 0 unspecified atom stereocenters. The molecule has 10 heteroatoms. The van der Waals surface area contributed by atoms with E-state index in [2.05, 4.69) is 0 Å². The number of carbonyl (C=O) groups excluding carboxylic acids is 4. The number of furan rings is 1. The first-order chi connectivity index (χ1) is 16.1. The van der Waals surface area contributed by atoms with E-state index in [1.807, 2.05) is 0 Å². The summed E-state index contributed by atoms with van der Waals surface area (Å²) < 4.78 is 26.3. The van der Waals surface area contributed by atoms with Gasteiger partial charge >= 0.3 is 23.9 Å². The molecular weight excluding hydrogens is 448 g/mol. The highest BCUT2D eigenvalue weighted by molar-refractivity contribution is 5.95. The van der Waals surface area contributed by atoms with Gasteiger partial charge in [0.2, 0.25) is 5.60 Å². The summed E-state index contributed by atoms with van der Waals surface area (Å²) in [6, 6.07) is 1.69. The van der Waals surface area contributed by atoms with Crippen molar-refractivity contribution in [2.75, 3.05) is 14.2 Å². The van der Waals surface area contributed by atoms with Crippen LogP contribution >= 0.6 is 0 Å². The number of hydrogen-bond donors (Lipinski definition) is 1. The summed E-state index contributed by atoms with van der Waals surface area (Å²) in [5.74, 6) is -4.23. The molecule has 2 fully saturated rings. The molecule has 34 heavy (non-hydrogen) atoms. The third kappa shape index (κ3) is 2.97. The van der Waals surface area contributed by atoms with Crippen molar-refractivity contribution in [1.29, 1.82) is 0 Å². The first kappa shape index (κ1) is 24.0. The maximum atomic E-state index is 13.6. The molecule has 184 valence electrons. The molecule has 1 aliphatic heterocycles. The Morgan fingerprint density at radius 3 is 2.44 bits per heavy atom. The fourth-order valence-corrected chi connectivity index (χ4v) is 6.34. The Hall–Kier alpha value is -3.14. The van der Waals surface area contributed by atoms with Gasteiger partial charge in [-0.2, -0.15) is 0 Å². The lowest BCUT2D eigenvalue weighted by atomic mass is 9.44. The van der Waals surface area contributed by atoms with E-state index < -0.39 is 58.4 Å². The van der Waals surface area contributed by atoms with Gasteiger partial charge in [0.1, 0.15) is 17.6 Å². The van der Waals surface area contributed by atoms with Crippen molar-refractivity contribution in [2.45, 2.75) is 57.3 Å². The predicted molar refractivity (Wildman–Crippen MR) is 113 cm³/mol. The van der Waals surface area contributed by atoms with E-state index >= 15 is 0 Å². The van der Waals surface area contributed by atoms with Gasteiger partial charge in [0, 0.05) is 18.9 Å². The molecule has 1 aromatic heterocycles. The van der Waals surface area contributed by atoms with Crippen molar-refractivity contribution in [1.82, 2.24) is 0 Å². The van der Waals surface area contributed by atoms with Crippen LogP contribution in [0.5, 0.6) is 0 Å². The Bertz CT molecular complexity index is 1040. The van der Waals surface area contributed by atoms with Crippen molar-refractivity contribution >= 4 is 23.9 Å². The molecule has 1 aromatic rings. The molecule has 10 nitrogen and oxygen atoms in total. The number of cyclic esters (lactones) is 1. The number of carbonyl (C=O) groups is 4. The Morgan fingerprint density at radius 1 is 1.15 bits per heavy atom. The standard InChI is InChI=1S/C24H28O10/c1-13-7-9-23(20(27)30-3)17(5-6-18(33-14(2)25)24(23,29)21(28)31-4)22(13)11-16(34-19(22)26)15-8-10-32-12-15/h7-8,10,12,16-18,29H,5-6,9,11H2,1-4H3/t16-,17+,18+,22-,23+,24+/m1/s1. The quantitative estimate of drug-likeness (QED) is 0.390. The number of allylic oxidation sites excluding steroid dienone is 1. The summed E-state index contributed by atoms with van der Waals surface area (Å²) in [5, 5.41) is 12.0. The molecule has 3 aliphatic rings. The summed E-state index contributed by atoms with van der Waals surface area (Å²) in [6.45, 7) is 2.92. The van der Waals surface area contributed by atoms with Crippen LogP contribution < -0.4 is 0 Å². The number of methoxy groups -OCH3 is 2. The van der Waals surface area contributed by atoms with Crippen molar-refractivity contribution in [3.05, 3.63) is 35.8 Å². The number of esters is 4. The van der Waals surface area contributed by atoms with Crippen LogP contribution in [0.25, 0.3) is 0 Å². The zero-order valence-electron chi connectivity index (χ0n) is 19.5. The monoisotopic (exact) mass is 476 g/mol. The molecule has 0 bridgehead atoms. The second-order valence-corrected chi connectivity index (χ2v) is 9.17. The summed E-state index contributed by atoms with van der Waals surface area (Å²) in [4.78, 5) is 52.1. The zero-order chi connectivity index (χ0) is 24.9. The SMILES string of the molecule is COC(=O)[C@@]1(O)[C@@H](OC(C)=O)CC[C@H]2[C@@]3(C[C@H](c4ccoc4)OC3=O)C(C)=CC[C@@]21C(=O)OC. The van der Waals surface area contributed by atoms with Crippen molar-refractivity contribution < 1.29 is 47.6 Å². The summed E-state index contributed by atoms with van der Waals surface area (Å²) >= 11 is 0. The van der Waals surface area contributed by atoms with Crippen LogP contribution in [0, 0.1) is 16.7 Å². The second-order valence-electron chi connectivity index (χ2n) is 9.17. The van der Waals surface area contributed by atoms with Crippen molar-refractivity contribution in [3.63, 3.8) is 0 Å². The minimum Gasteiger partial charge on any atom is -0.472 e. The minimum atomic E-state index is -2.60. The van der Waals surface area contributed by atoms with Gasteiger partial charge in [-0.05, 0) is 38.2 Å². The van der Waals surface area contributed by atoms with Crippen LogP contribution in [0.2, 0.25) is 0 Å².